The third kappa shape index (κ3) is 3.68. The molecular weight excluding hydrogens is 404 g/mol. The van der Waals surface area contributed by atoms with Gasteiger partial charge in [0.1, 0.15) is 0 Å². The number of rotatable bonds is 3. The second kappa shape index (κ2) is 6.36. The number of hydrogen-bond acceptors (Lipinski definition) is 3. The first-order valence-corrected chi connectivity index (χ1v) is 7.48. The Morgan fingerprint density at radius 2 is 1.90 bits per heavy atom. The van der Waals surface area contributed by atoms with Gasteiger partial charge in [0, 0.05) is 26.8 Å². The average Bonchev–Trinajstić information content (AvgIpc) is 2.42. The van der Waals surface area contributed by atoms with Gasteiger partial charge in [-0.05, 0) is 52.7 Å². The van der Waals surface area contributed by atoms with Crippen molar-refractivity contribution in [3.63, 3.8) is 0 Å². The summed E-state index contributed by atoms with van der Waals surface area (Å²) in [5, 5.41) is 13.5. The molecule has 0 heterocycles. The normalized spacial score (nSPS) is 10.2. The molecule has 21 heavy (non-hydrogen) atoms. The fourth-order valence-corrected chi connectivity index (χ4v) is 2.66. The van der Waals surface area contributed by atoms with Crippen molar-refractivity contribution in [1.29, 1.82) is 0 Å². The summed E-state index contributed by atoms with van der Waals surface area (Å²) >= 11 is 6.58. The zero-order valence-electron chi connectivity index (χ0n) is 10.9. The molecular formula is C14H10Br2N2O3. The molecule has 0 saturated carbocycles. The third-order valence-electron chi connectivity index (χ3n) is 2.84. The van der Waals surface area contributed by atoms with E-state index < -0.39 is 10.8 Å². The van der Waals surface area contributed by atoms with E-state index in [0.29, 0.717) is 10.2 Å². The number of hydrogen-bond donors (Lipinski definition) is 1. The van der Waals surface area contributed by atoms with Crippen LogP contribution in [0.4, 0.5) is 11.4 Å². The number of carbonyl (C=O) groups is 1. The van der Waals surface area contributed by atoms with Crippen molar-refractivity contribution >= 4 is 49.1 Å². The number of nitrogens with one attached hydrogen (secondary N) is 1. The Kier molecular flexibility index (Phi) is 4.74. The molecule has 0 atom stereocenters. The highest BCUT2D eigenvalue weighted by Gasteiger charge is 2.16. The molecule has 5 nitrogen and oxygen atoms in total. The van der Waals surface area contributed by atoms with Crippen molar-refractivity contribution in [2.75, 3.05) is 5.32 Å². The number of anilines is 1. The van der Waals surface area contributed by atoms with Crippen molar-refractivity contribution in [1.82, 2.24) is 0 Å². The molecule has 1 amide bonds. The molecule has 0 spiro atoms. The Balaban J connectivity index is 2.32. The molecule has 0 fully saturated rings. The highest BCUT2D eigenvalue weighted by Crippen LogP contribution is 2.25. The zero-order chi connectivity index (χ0) is 15.6. The third-order valence-corrected chi connectivity index (χ3v) is 4.03. The van der Waals surface area contributed by atoms with Crippen molar-refractivity contribution < 1.29 is 9.72 Å². The summed E-state index contributed by atoms with van der Waals surface area (Å²) in [5.41, 5.74) is 1.63. The molecule has 108 valence electrons. The Bertz CT molecular complexity index is 732. The van der Waals surface area contributed by atoms with E-state index in [4.69, 9.17) is 0 Å². The lowest BCUT2D eigenvalue weighted by atomic mass is 10.1. The van der Waals surface area contributed by atoms with E-state index in [0.717, 1.165) is 10.0 Å². The lowest BCUT2D eigenvalue weighted by Crippen LogP contribution is -2.13. The van der Waals surface area contributed by atoms with Gasteiger partial charge in [-0.1, -0.05) is 15.9 Å². The predicted molar refractivity (Wildman–Crippen MR) is 87.6 cm³/mol. The molecule has 2 rings (SSSR count). The molecule has 0 aliphatic heterocycles. The lowest BCUT2D eigenvalue weighted by molar-refractivity contribution is -0.384. The molecule has 0 saturated heterocycles. The van der Waals surface area contributed by atoms with Crippen LogP contribution in [-0.2, 0) is 0 Å². The first-order chi connectivity index (χ1) is 9.88. The Morgan fingerprint density at radius 1 is 1.19 bits per heavy atom. The van der Waals surface area contributed by atoms with Crippen LogP contribution in [0.25, 0.3) is 0 Å². The van der Waals surface area contributed by atoms with Crippen molar-refractivity contribution in [2.24, 2.45) is 0 Å². The van der Waals surface area contributed by atoms with E-state index in [1.807, 2.05) is 19.1 Å². The van der Waals surface area contributed by atoms with Crippen LogP contribution in [0.1, 0.15) is 15.9 Å². The molecule has 0 aliphatic rings. The van der Waals surface area contributed by atoms with Gasteiger partial charge in [0.2, 0.25) is 0 Å². The molecule has 0 aromatic heterocycles. The van der Waals surface area contributed by atoms with Gasteiger partial charge >= 0.3 is 0 Å². The first kappa shape index (κ1) is 15.7. The number of nitro groups is 1. The standard InChI is InChI=1S/C14H10Br2N2O3/c1-8-6-9(15)2-5-13(8)17-14(19)11-7-10(18(20)21)3-4-12(11)16/h2-7H,1H3,(H,17,19). The minimum atomic E-state index is -0.534. The highest BCUT2D eigenvalue weighted by atomic mass is 79.9. The Hall–Kier alpha value is -1.73. The molecule has 0 bridgehead atoms. The van der Waals surface area contributed by atoms with E-state index in [1.165, 1.54) is 18.2 Å². The number of non-ortho nitro benzene ring substituents is 1. The maximum atomic E-state index is 12.3. The smallest absolute Gasteiger partial charge is 0.270 e. The van der Waals surface area contributed by atoms with Crippen molar-refractivity contribution in [3.8, 4) is 0 Å². The lowest BCUT2D eigenvalue weighted by Gasteiger charge is -2.09. The van der Waals surface area contributed by atoms with E-state index in [9.17, 15) is 14.9 Å². The maximum Gasteiger partial charge on any atom is 0.270 e. The van der Waals surface area contributed by atoms with Gasteiger partial charge in [0.15, 0.2) is 0 Å². The number of amides is 1. The summed E-state index contributed by atoms with van der Waals surface area (Å²) in [6.07, 6.45) is 0. The molecule has 0 radical (unpaired) electrons. The number of aryl methyl sites for hydroxylation is 1. The van der Waals surface area contributed by atoms with E-state index >= 15 is 0 Å². The summed E-state index contributed by atoms with van der Waals surface area (Å²) in [6, 6.07) is 9.52. The Labute approximate surface area is 137 Å². The second-order valence-corrected chi connectivity index (χ2v) is 6.10. The van der Waals surface area contributed by atoms with Gasteiger partial charge in [0.25, 0.3) is 11.6 Å². The monoisotopic (exact) mass is 412 g/mol. The van der Waals surface area contributed by atoms with Crippen LogP contribution < -0.4 is 5.32 Å². The van der Waals surface area contributed by atoms with Gasteiger partial charge in [-0.2, -0.15) is 0 Å². The first-order valence-electron chi connectivity index (χ1n) is 5.90. The number of benzene rings is 2. The Morgan fingerprint density at radius 3 is 2.52 bits per heavy atom. The van der Waals surface area contributed by atoms with Crippen LogP contribution in [0.2, 0.25) is 0 Å². The van der Waals surface area contributed by atoms with Crippen molar-refractivity contribution in [3.05, 3.63) is 66.6 Å². The minimum Gasteiger partial charge on any atom is -0.322 e. The topological polar surface area (TPSA) is 72.2 Å². The van der Waals surface area contributed by atoms with Gasteiger partial charge in [-0.15, -0.1) is 0 Å². The molecule has 1 N–H and O–H groups in total. The fourth-order valence-electron chi connectivity index (χ4n) is 1.76. The van der Waals surface area contributed by atoms with Crippen LogP contribution in [-0.4, -0.2) is 10.8 Å². The van der Waals surface area contributed by atoms with Gasteiger partial charge in [-0.25, -0.2) is 0 Å². The minimum absolute atomic E-state index is 0.129. The predicted octanol–water partition coefficient (Wildman–Crippen LogP) is 4.68. The molecule has 2 aromatic carbocycles. The SMILES string of the molecule is Cc1cc(Br)ccc1NC(=O)c1cc([N+](=O)[O-])ccc1Br. The number of carbonyl (C=O) groups excluding carboxylic acids is 1. The number of halogens is 2. The maximum absolute atomic E-state index is 12.3. The second-order valence-electron chi connectivity index (χ2n) is 4.33. The van der Waals surface area contributed by atoms with Gasteiger partial charge in [0.05, 0.1) is 10.5 Å². The van der Waals surface area contributed by atoms with E-state index in [1.54, 1.807) is 6.07 Å². The highest BCUT2D eigenvalue weighted by molar-refractivity contribution is 9.10. The largest absolute Gasteiger partial charge is 0.322 e. The zero-order valence-corrected chi connectivity index (χ0v) is 14.1. The summed E-state index contributed by atoms with van der Waals surface area (Å²) in [4.78, 5) is 22.5. The van der Waals surface area contributed by atoms with Crippen LogP contribution in [0, 0.1) is 17.0 Å². The average molecular weight is 414 g/mol. The fraction of sp³-hybridized carbons (Fsp3) is 0.0714. The molecule has 7 heteroatoms. The van der Waals surface area contributed by atoms with E-state index in [-0.39, 0.29) is 11.3 Å². The molecule has 0 aliphatic carbocycles. The van der Waals surface area contributed by atoms with Gasteiger partial charge < -0.3 is 5.32 Å². The molecule has 0 unspecified atom stereocenters. The van der Waals surface area contributed by atoms with Crippen LogP contribution in [0.5, 0.6) is 0 Å². The molecule has 2 aromatic rings. The summed E-state index contributed by atoms with van der Waals surface area (Å²) < 4.78 is 1.41. The number of nitrogens with zero attached hydrogens (tertiary/aromatic N) is 1. The van der Waals surface area contributed by atoms with Crippen LogP contribution in [0.3, 0.4) is 0 Å². The van der Waals surface area contributed by atoms with E-state index in [2.05, 4.69) is 37.2 Å². The van der Waals surface area contributed by atoms with Gasteiger partial charge in [-0.3, -0.25) is 14.9 Å². The van der Waals surface area contributed by atoms with Crippen LogP contribution in [0.15, 0.2) is 45.3 Å². The number of nitro benzene ring substituents is 1. The van der Waals surface area contributed by atoms with Crippen molar-refractivity contribution in [2.45, 2.75) is 6.92 Å². The quantitative estimate of drug-likeness (QED) is 0.586. The summed E-state index contributed by atoms with van der Waals surface area (Å²) in [5.74, 6) is -0.406. The summed E-state index contributed by atoms with van der Waals surface area (Å²) in [6.45, 7) is 1.86. The summed E-state index contributed by atoms with van der Waals surface area (Å²) in [7, 11) is 0. The van der Waals surface area contributed by atoms with Crippen LogP contribution >= 0.6 is 31.9 Å².